The summed E-state index contributed by atoms with van der Waals surface area (Å²) in [6.45, 7) is 6.70. The lowest BCUT2D eigenvalue weighted by Crippen LogP contribution is -2.48. The van der Waals surface area contributed by atoms with E-state index in [2.05, 4.69) is 20.8 Å². The molecule has 3 atom stereocenters. The molecule has 1 fully saturated rings. The third kappa shape index (κ3) is 3.69. The van der Waals surface area contributed by atoms with Gasteiger partial charge in [0.2, 0.25) is 0 Å². The zero-order valence-corrected chi connectivity index (χ0v) is 12.0. The van der Waals surface area contributed by atoms with E-state index in [0.29, 0.717) is 11.8 Å². The first-order chi connectivity index (χ1) is 8.07. The molecule has 0 aromatic rings. The average molecular weight is 242 g/mol. The van der Waals surface area contributed by atoms with E-state index >= 15 is 0 Å². The highest BCUT2D eigenvalue weighted by atomic mass is 16.5. The van der Waals surface area contributed by atoms with Gasteiger partial charge in [-0.2, -0.15) is 0 Å². The summed E-state index contributed by atoms with van der Waals surface area (Å²) in [7, 11) is 1.77. The van der Waals surface area contributed by atoms with Crippen LogP contribution in [-0.2, 0) is 4.74 Å². The summed E-state index contributed by atoms with van der Waals surface area (Å²) in [6.07, 6.45) is 7.43. The molecule has 3 unspecified atom stereocenters. The molecule has 1 aliphatic rings. The topological polar surface area (TPSA) is 29.5 Å². The molecule has 0 saturated heterocycles. The lowest BCUT2D eigenvalue weighted by Gasteiger charge is -2.43. The highest BCUT2D eigenvalue weighted by Gasteiger charge is 2.41. The zero-order chi connectivity index (χ0) is 12.9. The molecule has 0 radical (unpaired) electrons. The van der Waals surface area contributed by atoms with Crippen molar-refractivity contribution in [2.24, 2.45) is 11.8 Å². The summed E-state index contributed by atoms with van der Waals surface area (Å²) in [5.74, 6) is 1.31. The van der Waals surface area contributed by atoms with Crippen LogP contribution in [0, 0.1) is 11.8 Å². The normalized spacial score (nSPS) is 31.8. The highest BCUT2D eigenvalue weighted by molar-refractivity contribution is 4.93. The Morgan fingerprint density at radius 3 is 2.47 bits per heavy atom. The molecule has 1 aliphatic carbocycles. The molecule has 17 heavy (non-hydrogen) atoms. The van der Waals surface area contributed by atoms with Gasteiger partial charge in [0.05, 0.1) is 11.7 Å². The van der Waals surface area contributed by atoms with Gasteiger partial charge in [-0.15, -0.1) is 0 Å². The van der Waals surface area contributed by atoms with Gasteiger partial charge in [-0.25, -0.2) is 0 Å². The Kier molecular flexibility index (Phi) is 5.94. The van der Waals surface area contributed by atoms with Crippen LogP contribution in [0.15, 0.2) is 0 Å². The van der Waals surface area contributed by atoms with Crippen molar-refractivity contribution >= 4 is 0 Å². The smallest absolute Gasteiger partial charge is 0.0939 e. The molecule has 102 valence electrons. The van der Waals surface area contributed by atoms with E-state index in [1.165, 1.54) is 12.8 Å². The monoisotopic (exact) mass is 242 g/mol. The lowest BCUT2D eigenvalue weighted by molar-refractivity contribution is -0.137. The first-order valence-electron chi connectivity index (χ1n) is 7.31. The third-order valence-corrected chi connectivity index (χ3v) is 4.72. The second-order valence-electron chi connectivity index (χ2n) is 5.90. The second-order valence-corrected chi connectivity index (χ2v) is 5.90. The van der Waals surface area contributed by atoms with Crippen molar-refractivity contribution in [2.75, 3.05) is 7.11 Å². The Bertz CT molecular complexity index is 213. The predicted octanol–water partition coefficient (Wildman–Crippen LogP) is 3.77. The number of hydrogen-bond donors (Lipinski definition) is 1. The van der Waals surface area contributed by atoms with E-state index in [1.807, 2.05) is 0 Å². The summed E-state index contributed by atoms with van der Waals surface area (Å²) in [6, 6.07) is 0. The molecule has 1 saturated carbocycles. The fourth-order valence-electron chi connectivity index (χ4n) is 3.32. The van der Waals surface area contributed by atoms with Crippen LogP contribution in [0.3, 0.4) is 0 Å². The number of methoxy groups -OCH3 is 1. The van der Waals surface area contributed by atoms with E-state index in [4.69, 9.17) is 4.74 Å². The minimum Gasteiger partial charge on any atom is -0.390 e. The van der Waals surface area contributed by atoms with Gasteiger partial charge in [-0.1, -0.05) is 46.5 Å². The minimum absolute atomic E-state index is 0.264. The number of rotatable bonds is 6. The van der Waals surface area contributed by atoms with Gasteiger partial charge in [-0.05, 0) is 31.1 Å². The molecule has 1 N–H and O–H groups in total. The largest absolute Gasteiger partial charge is 0.390 e. The van der Waals surface area contributed by atoms with Crippen molar-refractivity contribution in [1.29, 1.82) is 0 Å². The first-order valence-corrected chi connectivity index (χ1v) is 7.31. The molecule has 0 amide bonds. The molecule has 0 heterocycles. The summed E-state index contributed by atoms with van der Waals surface area (Å²) in [5, 5.41) is 10.5. The SMILES string of the molecule is CCC(CC)CC(O)C1(OC)CCCC(C)C1. The predicted molar refractivity (Wildman–Crippen MR) is 72.1 cm³/mol. The van der Waals surface area contributed by atoms with Gasteiger partial charge in [-0.3, -0.25) is 0 Å². The molecular formula is C15H30O2. The Morgan fingerprint density at radius 2 is 2.00 bits per heavy atom. The van der Waals surface area contributed by atoms with Crippen LogP contribution in [0.2, 0.25) is 0 Å². The number of hydrogen-bond acceptors (Lipinski definition) is 2. The van der Waals surface area contributed by atoms with Crippen LogP contribution >= 0.6 is 0 Å². The highest BCUT2D eigenvalue weighted by Crippen LogP contribution is 2.39. The Labute approximate surface area is 107 Å². The molecule has 2 heteroatoms. The van der Waals surface area contributed by atoms with E-state index in [1.54, 1.807) is 7.11 Å². The minimum atomic E-state index is -0.292. The lowest BCUT2D eigenvalue weighted by atomic mass is 9.73. The van der Waals surface area contributed by atoms with Gasteiger partial charge in [0.25, 0.3) is 0 Å². The Morgan fingerprint density at radius 1 is 1.35 bits per heavy atom. The number of aliphatic hydroxyl groups excluding tert-OH is 1. The van der Waals surface area contributed by atoms with Crippen LogP contribution in [0.4, 0.5) is 0 Å². The molecule has 0 spiro atoms. The zero-order valence-electron chi connectivity index (χ0n) is 12.0. The van der Waals surface area contributed by atoms with Gasteiger partial charge in [0.15, 0.2) is 0 Å². The maximum Gasteiger partial charge on any atom is 0.0939 e. The number of ether oxygens (including phenoxy) is 1. The third-order valence-electron chi connectivity index (χ3n) is 4.72. The van der Waals surface area contributed by atoms with Crippen molar-refractivity contribution in [3.63, 3.8) is 0 Å². The van der Waals surface area contributed by atoms with Gasteiger partial charge >= 0.3 is 0 Å². The summed E-state index contributed by atoms with van der Waals surface area (Å²) < 4.78 is 5.75. The Balaban J connectivity index is 2.64. The summed E-state index contributed by atoms with van der Waals surface area (Å²) in [4.78, 5) is 0. The van der Waals surface area contributed by atoms with Crippen molar-refractivity contribution in [2.45, 2.75) is 77.4 Å². The van der Waals surface area contributed by atoms with Crippen LogP contribution in [0.1, 0.15) is 65.7 Å². The fraction of sp³-hybridized carbons (Fsp3) is 1.00. The molecular weight excluding hydrogens is 212 g/mol. The van der Waals surface area contributed by atoms with Crippen molar-refractivity contribution in [3.8, 4) is 0 Å². The van der Waals surface area contributed by atoms with E-state index in [0.717, 1.165) is 32.1 Å². The first kappa shape index (κ1) is 15.0. The quantitative estimate of drug-likeness (QED) is 0.768. The fourth-order valence-corrected chi connectivity index (χ4v) is 3.32. The standard InChI is InChI=1S/C15H30O2/c1-5-13(6-2)10-14(16)15(17-4)9-7-8-12(3)11-15/h12-14,16H,5-11H2,1-4H3. The Hall–Kier alpha value is -0.0800. The van der Waals surface area contributed by atoms with Gasteiger partial charge in [0.1, 0.15) is 0 Å². The molecule has 0 aromatic carbocycles. The van der Waals surface area contributed by atoms with E-state index < -0.39 is 0 Å². The molecule has 1 rings (SSSR count). The maximum absolute atomic E-state index is 10.5. The summed E-state index contributed by atoms with van der Waals surface area (Å²) >= 11 is 0. The maximum atomic E-state index is 10.5. The van der Waals surface area contributed by atoms with Crippen molar-refractivity contribution < 1.29 is 9.84 Å². The molecule has 2 nitrogen and oxygen atoms in total. The van der Waals surface area contributed by atoms with Crippen LogP contribution in [-0.4, -0.2) is 23.9 Å². The van der Waals surface area contributed by atoms with Crippen molar-refractivity contribution in [3.05, 3.63) is 0 Å². The molecule has 0 aromatic heterocycles. The van der Waals surface area contributed by atoms with E-state index in [9.17, 15) is 5.11 Å². The van der Waals surface area contributed by atoms with Crippen LogP contribution in [0.5, 0.6) is 0 Å². The van der Waals surface area contributed by atoms with E-state index in [-0.39, 0.29) is 11.7 Å². The van der Waals surface area contributed by atoms with Gasteiger partial charge < -0.3 is 9.84 Å². The van der Waals surface area contributed by atoms with Gasteiger partial charge in [0, 0.05) is 7.11 Å². The van der Waals surface area contributed by atoms with Crippen LogP contribution < -0.4 is 0 Å². The second kappa shape index (κ2) is 6.75. The summed E-state index contributed by atoms with van der Waals surface area (Å²) in [5.41, 5.74) is -0.264. The number of aliphatic hydroxyl groups is 1. The molecule has 0 bridgehead atoms. The van der Waals surface area contributed by atoms with Crippen LogP contribution in [0.25, 0.3) is 0 Å². The average Bonchev–Trinajstić information content (AvgIpc) is 2.35. The van der Waals surface area contributed by atoms with Crippen molar-refractivity contribution in [1.82, 2.24) is 0 Å². The molecule has 0 aliphatic heterocycles.